The highest BCUT2D eigenvalue weighted by Gasteiger charge is 2.28. The topological polar surface area (TPSA) is 46.9 Å². The van der Waals surface area contributed by atoms with Crippen molar-refractivity contribution in [3.8, 4) is 0 Å². The van der Waals surface area contributed by atoms with E-state index in [4.69, 9.17) is 5.10 Å². The van der Waals surface area contributed by atoms with E-state index < -0.39 is 0 Å². The molecule has 2 saturated carbocycles. The number of carbonyl (C=O) groups excluding carboxylic acids is 1. The Kier molecular flexibility index (Phi) is 4.91. The molecule has 132 valence electrons. The first-order valence-electron chi connectivity index (χ1n) is 10.2. The summed E-state index contributed by atoms with van der Waals surface area (Å²) in [6, 6.07) is 0.561. The molecule has 0 spiro atoms. The molecule has 1 aromatic heterocycles. The fourth-order valence-electron chi connectivity index (χ4n) is 4.94. The van der Waals surface area contributed by atoms with E-state index in [0.717, 1.165) is 31.5 Å². The van der Waals surface area contributed by atoms with Gasteiger partial charge in [-0.25, -0.2) is 0 Å². The number of anilines is 1. The predicted octanol–water partition coefficient (Wildman–Crippen LogP) is 4.79. The van der Waals surface area contributed by atoms with Crippen LogP contribution in [0.1, 0.15) is 94.3 Å². The van der Waals surface area contributed by atoms with Crippen LogP contribution in [0.4, 0.5) is 5.82 Å². The van der Waals surface area contributed by atoms with E-state index in [0.29, 0.717) is 6.04 Å². The van der Waals surface area contributed by atoms with Crippen molar-refractivity contribution in [2.45, 2.75) is 95.9 Å². The standard InChI is InChI=1S/C20H31N3O/c24-20(15-9-3-1-4-10-15)21-19-17-13-7-8-14-18(17)23(22-19)16-11-5-2-6-12-16/h15-16H,1-14H2,(H,21,22,24). The van der Waals surface area contributed by atoms with Gasteiger partial charge in [-0.15, -0.1) is 0 Å². The van der Waals surface area contributed by atoms with Gasteiger partial charge in [-0.05, 0) is 51.4 Å². The monoisotopic (exact) mass is 329 g/mol. The zero-order chi connectivity index (χ0) is 16.4. The Morgan fingerprint density at radius 1 is 0.875 bits per heavy atom. The lowest BCUT2D eigenvalue weighted by molar-refractivity contribution is -0.120. The van der Waals surface area contributed by atoms with Crippen molar-refractivity contribution >= 4 is 11.7 Å². The number of fused-ring (bicyclic) bond motifs is 1. The van der Waals surface area contributed by atoms with Gasteiger partial charge in [0, 0.05) is 17.2 Å². The van der Waals surface area contributed by atoms with Crippen molar-refractivity contribution < 1.29 is 4.79 Å². The van der Waals surface area contributed by atoms with Gasteiger partial charge >= 0.3 is 0 Å². The Morgan fingerprint density at radius 3 is 2.29 bits per heavy atom. The molecule has 1 heterocycles. The minimum atomic E-state index is 0.206. The highest BCUT2D eigenvalue weighted by Crippen LogP contribution is 2.35. The first kappa shape index (κ1) is 16.2. The van der Waals surface area contributed by atoms with Gasteiger partial charge in [-0.3, -0.25) is 9.48 Å². The second-order valence-electron chi connectivity index (χ2n) is 8.04. The molecule has 0 unspecified atom stereocenters. The minimum Gasteiger partial charge on any atom is -0.309 e. The quantitative estimate of drug-likeness (QED) is 0.867. The van der Waals surface area contributed by atoms with Gasteiger partial charge in [0.2, 0.25) is 5.91 Å². The zero-order valence-electron chi connectivity index (χ0n) is 14.9. The maximum absolute atomic E-state index is 12.7. The molecule has 3 aliphatic rings. The van der Waals surface area contributed by atoms with Gasteiger partial charge in [0.25, 0.3) is 0 Å². The number of aromatic nitrogens is 2. The largest absolute Gasteiger partial charge is 0.309 e. The molecule has 1 N–H and O–H groups in total. The van der Waals surface area contributed by atoms with E-state index in [1.54, 1.807) is 0 Å². The first-order chi connectivity index (χ1) is 11.8. The third kappa shape index (κ3) is 3.25. The molecule has 0 radical (unpaired) electrons. The van der Waals surface area contributed by atoms with Gasteiger partial charge in [0.05, 0.1) is 6.04 Å². The van der Waals surface area contributed by atoms with E-state index in [1.165, 1.54) is 75.5 Å². The van der Waals surface area contributed by atoms with Crippen molar-refractivity contribution in [3.63, 3.8) is 0 Å². The molecule has 1 aromatic rings. The maximum Gasteiger partial charge on any atom is 0.228 e. The van der Waals surface area contributed by atoms with Gasteiger partial charge in [0.15, 0.2) is 5.82 Å². The highest BCUT2D eigenvalue weighted by molar-refractivity contribution is 5.92. The number of nitrogens with zero attached hydrogens (tertiary/aromatic N) is 2. The SMILES string of the molecule is O=C(Nc1nn(C2CCCCC2)c2c1CCCC2)C1CCCCC1. The summed E-state index contributed by atoms with van der Waals surface area (Å²) in [5.74, 6) is 1.32. The van der Waals surface area contributed by atoms with Crippen LogP contribution in [0.15, 0.2) is 0 Å². The van der Waals surface area contributed by atoms with Crippen LogP contribution < -0.4 is 5.32 Å². The zero-order valence-corrected chi connectivity index (χ0v) is 14.9. The molecular formula is C20H31N3O. The van der Waals surface area contributed by atoms with E-state index in [2.05, 4.69) is 10.00 Å². The molecule has 2 fully saturated rings. The highest BCUT2D eigenvalue weighted by atomic mass is 16.2. The minimum absolute atomic E-state index is 0.206. The number of carbonyl (C=O) groups is 1. The van der Waals surface area contributed by atoms with Crippen LogP contribution in [0.3, 0.4) is 0 Å². The summed E-state index contributed by atoms with van der Waals surface area (Å²) in [7, 11) is 0. The summed E-state index contributed by atoms with van der Waals surface area (Å²) in [5.41, 5.74) is 2.77. The van der Waals surface area contributed by atoms with Crippen LogP contribution in [0.5, 0.6) is 0 Å². The fraction of sp³-hybridized carbons (Fsp3) is 0.800. The Hall–Kier alpha value is -1.32. The van der Waals surface area contributed by atoms with E-state index in [-0.39, 0.29) is 11.8 Å². The number of nitrogens with one attached hydrogen (secondary N) is 1. The smallest absolute Gasteiger partial charge is 0.228 e. The Bertz CT molecular complexity index is 580. The lowest BCUT2D eigenvalue weighted by atomic mass is 9.88. The van der Waals surface area contributed by atoms with Crippen molar-refractivity contribution in [2.24, 2.45) is 5.92 Å². The fourth-order valence-corrected chi connectivity index (χ4v) is 4.94. The number of hydrogen-bond acceptors (Lipinski definition) is 2. The molecule has 0 aromatic carbocycles. The van der Waals surface area contributed by atoms with E-state index >= 15 is 0 Å². The molecule has 1 amide bonds. The average Bonchev–Trinajstić information content (AvgIpc) is 3.02. The molecule has 4 rings (SSSR count). The van der Waals surface area contributed by atoms with Gasteiger partial charge in [-0.2, -0.15) is 5.10 Å². The Morgan fingerprint density at radius 2 is 1.54 bits per heavy atom. The summed E-state index contributed by atoms with van der Waals surface area (Å²) in [4.78, 5) is 12.7. The average molecular weight is 329 g/mol. The maximum atomic E-state index is 12.7. The van der Waals surface area contributed by atoms with E-state index in [1.807, 2.05) is 0 Å². The Balaban J connectivity index is 1.55. The van der Waals surface area contributed by atoms with Crippen LogP contribution in [-0.2, 0) is 17.6 Å². The van der Waals surface area contributed by atoms with Gasteiger partial charge < -0.3 is 5.32 Å². The molecule has 0 atom stereocenters. The lowest BCUT2D eigenvalue weighted by Gasteiger charge is -2.25. The second kappa shape index (κ2) is 7.28. The van der Waals surface area contributed by atoms with Gasteiger partial charge in [0.1, 0.15) is 0 Å². The molecule has 4 heteroatoms. The summed E-state index contributed by atoms with van der Waals surface area (Å²) < 4.78 is 2.31. The van der Waals surface area contributed by atoms with Crippen molar-refractivity contribution in [1.29, 1.82) is 0 Å². The molecule has 3 aliphatic carbocycles. The molecule has 0 bridgehead atoms. The normalized spacial score (nSPS) is 23.0. The van der Waals surface area contributed by atoms with Crippen LogP contribution in [-0.4, -0.2) is 15.7 Å². The number of rotatable bonds is 3. The van der Waals surface area contributed by atoms with E-state index in [9.17, 15) is 4.79 Å². The van der Waals surface area contributed by atoms with Crippen molar-refractivity contribution in [3.05, 3.63) is 11.3 Å². The number of amides is 1. The third-order valence-electron chi connectivity index (χ3n) is 6.35. The van der Waals surface area contributed by atoms with Gasteiger partial charge in [-0.1, -0.05) is 38.5 Å². The number of hydrogen-bond donors (Lipinski definition) is 1. The summed E-state index contributed by atoms with van der Waals surface area (Å²) in [6.45, 7) is 0. The lowest BCUT2D eigenvalue weighted by Crippen LogP contribution is -2.25. The van der Waals surface area contributed by atoms with Crippen LogP contribution in [0.25, 0.3) is 0 Å². The summed E-state index contributed by atoms with van der Waals surface area (Å²) in [5, 5.41) is 8.16. The molecule has 0 saturated heterocycles. The van der Waals surface area contributed by atoms with Crippen LogP contribution in [0, 0.1) is 5.92 Å². The van der Waals surface area contributed by atoms with Crippen molar-refractivity contribution in [2.75, 3.05) is 5.32 Å². The van der Waals surface area contributed by atoms with Crippen LogP contribution in [0.2, 0.25) is 0 Å². The Labute approximate surface area is 145 Å². The predicted molar refractivity (Wildman–Crippen MR) is 96.2 cm³/mol. The second-order valence-corrected chi connectivity index (χ2v) is 8.04. The third-order valence-corrected chi connectivity index (χ3v) is 6.35. The molecular weight excluding hydrogens is 298 g/mol. The summed E-state index contributed by atoms with van der Waals surface area (Å²) >= 11 is 0. The van der Waals surface area contributed by atoms with Crippen molar-refractivity contribution in [1.82, 2.24) is 9.78 Å². The first-order valence-corrected chi connectivity index (χ1v) is 10.2. The molecule has 24 heavy (non-hydrogen) atoms. The molecule has 4 nitrogen and oxygen atoms in total. The molecule has 0 aliphatic heterocycles. The summed E-state index contributed by atoms with van der Waals surface area (Å²) in [6.07, 6.45) is 17.0. The van der Waals surface area contributed by atoms with Crippen LogP contribution >= 0.6 is 0 Å².